The predicted molar refractivity (Wildman–Crippen MR) is 123 cm³/mol. The molecule has 0 aliphatic heterocycles. The molecule has 4 aromatic carbocycles. The molecule has 4 N–H and O–H groups in total. The van der Waals surface area contributed by atoms with Gasteiger partial charge in [-0.1, -0.05) is 0 Å². The Balaban J connectivity index is 1.88. The van der Waals surface area contributed by atoms with Gasteiger partial charge in [0.1, 0.15) is 22.6 Å². The third-order valence-corrected chi connectivity index (χ3v) is 5.74. The highest BCUT2D eigenvalue weighted by Crippen LogP contribution is 2.46. The van der Waals surface area contributed by atoms with Gasteiger partial charge in [0.25, 0.3) is 0 Å². The maximum atomic E-state index is 14.9. The van der Waals surface area contributed by atoms with E-state index in [1.165, 1.54) is 0 Å². The van der Waals surface area contributed by atoms with E-state index >= 15 is 0 Å². The zero-order valence-electron chi connectivity index (χ0n) is 20.7. The minimum absolute atomic E-state index is 0.230. The Labute approximate surface area is 235 Å². The molecule has 0 bridgehead atoms. The van der Waals surface area contributed by atoms with Gasteiger partial charge in [0.2, 0.25) is 34.8 Å². The Morgan fingerprint density at radius 1 is 0.432 bits per heavy atom. The Morgan fingerprint density at radius 2 is 0.705 bits per heavy atom. The summed E-state index contributed by atoms with van der Waals surface area (Å²) in [5, 5.41) is 0. The van der Waals surface area contributed by atoms with Crippen molar-refractivity contribution in [2.45, 2.75) is 12.4 Å². The molecule has 0 spiro atoms. The van der Waals surface area contributed by atoms with Gasteiger partial charge < -0.3 is 20.9 Å². The molecular weight excluding hydrogens is 638 g/mol. The summed E-state index contributed by atoms with van der Waals surface area (Å²) in [5.74, 6) is -29.3. The second-order valence-electron chi connectivity index (χ2n) is 8.63. The van der Waals surface area contributed by atoms with Gasteiger partial charge in [-0.2, -0.15) is 43.9 Å². The molecule has 0 aliphatic rings. The van der Waals surface area contributed by atoms with Gasteiger partial charge in [0, 0.05) is 11.4 Å². The van der Waals surface area contributed by atoms with E-state index in [1.54, 1.807) is 0 Å². The number of rotatable bonds is 5. The van der Waals surface area contributed by atoms with Crippen molar-refractivity contribution in [2.24, 2.45) is 0 Å². The SMILES string of the molecule is Nc1ccc(Oc2c(F)c(F)c(-c3c(F)c(F)c(Oc4ccc(N)cc4C(F)(F)F)c(F)c3F)c(F)c2F)c(C(F)(F)F)c1. The zero-order chi connectivity index (χ0) is 33.0. The zero-order valence-corrected chi connectivity index (χ0v) is 20.7. The minimum atomic E-state index is -5.28. The van der Waals surface area contributed by atoms with Crippen molar-refractivity contribution in [1.29, 1.82) is 0 Å². The largest absolute Gasteiger partial charge is 0.450 e. The van der Waals surface area contributed by atoms with Crippen molar-refractivity contribution in [3.63, 3.8) is 0 Å². The first-order chi connectivity index (χ1) is 20.2. The lowest BCUT2D eigenvalue weighted by Gasteiger charge is -2.18. The predicted octanol–water partition coefficient (Wildman–Crippen LogP) is 9.25. The van der Waals surface area contributed by atoms with Crippen LogP contribution in [0.3, 0.4) is 0 Å². The van der Waals surface area contributed by atoms with E-state index in [-0.39, 0.29) is 12.1 Å². The summed E-state index contributed by atoms with van der Waals surface area (Å²) in [7, 11) is 0. The van der Waals surface area contributed by atoms with E-state index in [2.05, 4.69) is 9.47 Å². The number of alkyl halides is 6. The van der Waals surface area contributed by atoms with Gasteiger partial charge in [-0.15, -0.1) is 0 Å². The van der Waals surface area contributed by atoms with Crippen molar-refractivity contribution < 1.29 is 70.9 Å². The second kappa shape index (κ2) is 11.0. The quantitative estimate of drug-likeness (QED) is 0.129. The number of halogens is 14. The van der Waals surface area contributed by atoms with Gasteiger partial charge in [0.15, 0.2) is 23.3 Å². The summed E-state index contributed by atoms with van der Waals surface area (Å²) < 4.78 is 208. The van der Waals surface area contributed by atoms with Crippen LogP contribution in [0.2, 0.25) is 0 Å². The second-order valence-corrected chi connectivity index (χ2v) is 8.63. The monoisotopic (exact) mass is 648 g/mol. The minimum Gasteiger partial charge on any atom is -0.450 e. The van der Waals surface area contributed by atoms with Crippen LogP contribution < -0.4 is 20.9 Å². The summed E-state index contributed by atoms with van der Waals surface area (Å²) in [6, 6.07) is 2.76. The molecule has 18 heteroatoms. The lowest BCUT2D eigenvalue weighted by molar-refractivity contribution is -0.139. The first-order valence-electron chi connectivity index (χ1n) is 11.3. The highest BCUT2D eigenvalue weighted by Gasteiger charge is 2.39. The molecule has 0 aromatic heterocycles. The summed E-state index contributed by atoms with van der Waals surface area (Å²) in [6.45, 7) is 0. The van der Waals surface area contributed by atoms with Crippen LogP contribution in [0.5, 0.6) is 23.0 Å². The van der Waals surface area contributed by atoms with Crippen LogP contribution in [0.15, 0.2) is 36.4 Å². The summed E-state index contributed by atoms with van der Waals surface area (Å²) >= 11 is 0. The molecule has 0 radical (unpaired) electrons. The van der Waals surface area contributed by atoms with Crippen molar-refractivity contribution in [3.8, 4) is 34.1 Å². The first kappa shape index (κ1) is 32.0. The molecule has 4 aromatic rings. The summed E-state index contributed by atoms with van der Waals surface area (Å²) in [6.07, 6.45) is -10.6. The third kappa shape index (κ3) is 5.58. The van der Waals surface area contributed by atoms with Crippen LogP contribution in [0.4, 0.5) is 72.8 Å². The van der Waals surface area contributed by atoms with E-state index in [4.69, 9.17) is 11.5 Å². The number of nitrogens with two attached hydrogens (primary N) is 2. The fraction of sp³-hybridized carbons (Fsp3) is 0.0769. The number of hydrogen-bond donors (Lipinski definition) is 2. The maximum Gasteiger partial charge on any atom is 0.420 e. The normalized spacial score (nSPS) is 12.0. The molecule has 4 nitrogen and oxygen atoms in total. The molecule has 44 heavy (non-hydrogen) atoms. The molecule has 0 atom stereocenters. The fourth-order valence-electron chi connectivity index (χ4n) is 3.78. The Bertz CT molecular complexity index is 1610. The van der Waals surface area contributed by atoms with Crippen LogP contribution in [0, 0.1) is 46.5 Å². The molecular formula is C26H10F14N2O2. The maximum absolute atomic E-state index is 14.9. The number of ether oxygens (including phenoxy) is 2. The molecule has 4 rings (SSSR count). The van der Waals surface area contributed by atoms with Crippen LogP contribution in [0.25, 0.3) is 11.1 Å². The number of anilines is 2. The molecule has 0 heterocycles. The van der Waals surface area contributed by atoms with Crippen LogP contribution in [-0.4, -0.2) is 0 Å². The van der Waals surface area contributed by atoms with E-state index in [0.29, 0.717) is 12.1 Å². The average molecular weight is 648 g/mol. The molecule has 0 fully saturated rings. The molecule has 234 valence electrons. The average Bonchev–Trinajstić information content (AvgIpc) is 2.93. The van der Waals surface area contributed by atoms with Gasteiger partial charge >= 0.3 is 12.4 Å². The molecule has 0 saturated heterocycles. The first-order valence-corrected chi connectivity index (χ1v) is 11.3. The van der Waals surface area contributed by atoms with E-state index in [9.17, 15) is 61.5 Å². The lowest BCUT2D eigenvalue weighted by Crippen LogP contribution is -2.12. The van der Waals surface area contributed by atoms with Gasteiger partial charge in [-0.3, -0.25) is 0 Å². The Morgan fingerprint density at radius 3 is 0.955 bits per heavy atom. The molecule has 0 aliphatic carbocycles. The highest BCUT2D eigenvalue weighted by molar-refractivity contribution is 5.70. The third-order valence-electron chi connectivity index (χ3n) is 5.74. The van der Waals surface area contributed by atoms with E-state index < -0.39 is 116 Å². The van der Waals surface area contributed by atoms with Crippen molar-refractivity contribution >= 4 is 11.4 Å². The van der Waals surface area contributed by atoms with Crippen molar-refractivity contribution in [1.82, 2.24) is 0 Å². The van der Waals surface area contributed by atoms with E-state index in [0.717, 1.165) is 12.1 Å². The number of nitrogen functional groups attached to an aromatic ring is 2. The molecule has 0 unspecified atom stereocenters. The van der Waals surface area contributed by atoms with Crippen molar-refractivity contribution in [3.05, 3.63) is 94.1 Å². The molecule has 0 saturated carbocycles. The van der Waals surface area contributed by atoms with Crippen LogP contribution >= 0.6 is 0 Å². The topological polar surface area (TPSA) is 70.5 Å². The van der Waals surface area contributed by atoms with Gasteiger partial charge in [-0.05, 0) is 36.4 Å². The number of benzene rings is 4. The van der Waals surface area contributed by atoms with Gasteiger partial charge in [0.05, 0.1) is 11.1 Å². The van der Waals surface area contributed by atoms with E-state index in [1.807, 2.05) is 0 Å². The fourth-order valence-corrected chi connectivity index (χ4v) is 3.78. The van der Waals surface area contributed by atoms with Gasteiger partial charge in [-0.25, -0.2) is 17.6 Å². The summed E-state index contributed by atoms with van der Waals surface area (Å²) in [4.78, 5) is 0. The van der Waals surface area contributed by atoms with Crippen molar-refractivity contribution in [2.75, 3.05) is 11.5 Å². The lowest BCUT2D eigenvalue weighted by atomic mass is 10.0. The Kier molecular flexibility index (Phi) is 7.99. The van der Waals surface area contributed by atoms with Crippen LogP contribution in [-0.2, 0) is 12.4 Å². The van der Waals surface area contributed by atoms with Crippen LogP contribution in [0.1, 0.15) is 11.1 Å². The highest BCUT2D eigenvalue weighted by atomic mass is 19.4. The molecule has 0 amide bonds. The standard InChI is InChI=1S/C26H10F14N2O2/c27-15-13(16(28)20(32)23(19(15)31)43-11-3-1-7(41)5-9(11)25(35,36)37)14-17(29)21(33)24(22(34)18(14)30)44-12-4-2-8(42)6-10(12)26(38,39)40/h1-6H,41-42H2. The Hall–Kier alpha value is -4.90. The smallest absolute Gasteiger partial charge is 0.420 e. The summed E-state index contributed by atoms with van der Waals surface area (Å²) in [5.41, 5.74) is 0.991. The number of hydrogen-bond acceptors (Lipinski definition) is 4.